The van der Waals surface area contributed by atoms with E-state index in [4.69, 9.17) is 5.11 Å². The van der Waals surface area contributed by atoms with E-state index in [0.29, 0.717) is 18.0 Å². The van der Waals surface area contributed by atoms with Gasteiger partial charge in [-0.05, 0) is 30.7 Å². The van der Waals surface area contributed by atoms with E-state index in [2.05, 4.69) is 43.6 Å². The molecule has 1 aromatic heterocycles. The molecule has 1 heterocycles. The summed E-state index contributed by atoms with van der Waals surface area (Å²) in [6, 6.07) is 5.03. The Kier molecular flexibility index (Phi) is 5.29. The first kappa shape index (κ1) is 12.7. The lowest BCUT2D eigenvalue weighted by atomic mass is 10.0. The number of aliphatic hydroxyl groups is 1. The SMILES string of the molecule is CCC(NC(C)C(C)CO)c1cccs1. The second-order valence-electron chi connectivity index (χ2n) is 4.09. The van der Waals surface area contributed by atoms with Crippen molar-refractivity contribution in [1.29, 1.82) is 0 Å². The third-order valence-corrected chi connectivity index (χ3v) is 3.89. The fourth-order valence-corrected chi connectivity index (χ4v) is 2.40. The van der Waals surface area contributed by atoms with Crippen molar-refractivity contribution in [2.24, 2.45) is 5.92 Å². The summed E-state index contributed by atoms with van der Waals surface area (Å²) in [7, 11) is 0. The van der Waals surface area contributed by atoms with Crippen LogP contribution in [-0.4, -0.2) is 17.8 Å². The molecule has 0 aromatic carbocycles. The van der Waals surface area contributed by atoms with Crippen LogP contribution in [0.4, 0.5) is 0 Å². The maximum Gasteiger partial charge on any atom is 0.0471 e. The monoisotopic (exact) mass is 227 g/mol. The van der Waals surface area contributed by atoms with E-state index in [-0.39, 0.29) is 6.61 Å². The molecule has 0 radical (unpaired) electrons. The lowest BCUT2D eigenvalue weighted by Crippen LogP contribution is -2.36. The summed E-state index contributed by atoms with van der Waals surface area (Å²) >= 11 is 1.79. The number of rotatable bonds is 6. The van der Waals surface area contributed by atoms with E-state index in [0.717, 1.165) is 6.42 Å². The Bertz CT molecular complexity index is 261. The van der Waals surface area contributed by atoms with E-state index in [9.17, 15) is 0 Å². The van der Waals surface area contributed by atoms with Gasteiger partial charge in [-0.3, -0.25) is 0 Å². The van der Waals surface area contributed by atoms with Crippen molar-refractivity contribution in [2.45, 2.75) is 39.3 Å². The topological polar surface area (TPSA) is 32.3 Å². The van der Waals surface area contributed by atoms with Gasteiger partial charge in [0.05, 0.1) is 0 Å². The Morgan fingerprint density at radius 1 is 1.47 bits per heavy atom. The quantitative estimate of drug-likeness (QED) is 0.783. The fraction of sp³-hybridized carbons (Fsp3) is 0.667. The molecule has 2 N–H and O–H groups in total. The Morgan fingerprint density at radius 2 is 2.20 bits per heavy atom. The van der Waals surface area contributed by atoms with Gasteiger partial charge in [-0.2, -0.15) is 0 Å². The van der Waals surface area contributed by atoms with Gasteiger partial charge in [-0.15, -0.1) is 11.3 Å². The zero-order chi connectivity index (χ0) is 11.3. The highest BCUT2D eigenvalue weighted by atomic mass is 32.1. The Morgan fingerprint density at radius 3 is 2.67 bits per heavy atom. The van der Waals surface area contributed by atoms with Crippen LogP contribution in [0.2, 0.25) is 0 Å². The third kappa shape index (κ3) is 3.59. The van der Waals surface area contributed by atoms with Crippen LogP contribution in [0.15, 0.2) is 17.5 Å². The predicted octanol–water partition coefficient (Wildman–Crippen LogP) is 2.81. The third-order valence-electron chi connectivity index (χ3n) is 2.90. The molecule has 3 heteroatoms. The molecular weight excluding hydrogens is 206 g/mol. The van der Waals surface area contributed by atoms with Gasteiger partial charge in [-0.25, -0.2) is 0 Å². The van der Waals surface area contributed by atoms with Crippen molar-refractivity contribution in [2.75, 3.05) is 6.61 Å². The number of hydrogen-bond donors (Lipinski definition) is 2. The summed E-state index contributed by atoms with van der Waals surface area (Å²) < 4.78 is 0. The van der Waals surface area contributed by atoms with Gasteiger partial charge in [0.25, 0.3) is 0 Å². The van der Waals surface area contributed by atoms with E-state index < -0.39 is 0 Å². The molecule has 0 fully saturated rings. The van der Waals surface area contributed by atoms with Crippen LogP contribution in [0.1, 0.15) is 38.1 Å². The molecule has 15 heavy (non-hydrogen) atoms. The molecule has 86 valence electrons. The van der Waals surface area contributed by atoms with Crippen LogP contribution >= 0.6 is 11.3 Å². The lowest BCUT2D eigenvalue weighted by molar-refractivity contribution is 0.200. The smallest absolute Gasteiger partial charge is 0.0471 e. The van der Waals surface area contributed by atoms with Gasteiger partial charge >= 0.3 is 0 Å². The second-order valence-corrected chi connectivity index (χ2v) is 5.07. The second kappa shape index (κ2) is 6.26. The van der Waals surface area contributed by atoms with Crippen molar-refractivity contribution < 1.29 is 5.11 Å². The van der Waals surface area contributed by atoms with Crippen molar-refractivity contribution in [3.05, 3.63) is 22.4 Å². The summed E-state index contributed by atoms with van der Waals surface area (Å²) in [5.74, 6) is 0.305. The zero-order valence-electron chi connectivity index (χ0n) is 9.73. The molecule has 0 spiro atoms. The van der Waals surface area contributed by atoms with Crippen molar-refractivity contribution in [1.82, 2.24) is 5.32 Å². The van der Waals surface area contributed by atoms with Crippen LogP contribution < -0.4 is 5.32 Å². The molecule has 0 bridgehead atoms. The zero-order valence-corrected chi connectivity index (χ0v) is 10.6. The number of thiophene rings is 1. The van der Waals surface area contributed by atoms with E-state index >= 15 is 0 Å². The van der Waals surface area contributed by atoms with E-state index in [1.54, 1.807) is 11.3 Å². The normalized spacial score (nSPS) is 17.3. The molecule has 3 unspecified atom stereocenters. The molecule has 1 aromatic rings. The molecule has 0 aliphatic rings. The summed E-state index contributed by atoms with van der Waals surface area (Å²) in [6.45, 7) is 6.64. The van der Waals surface area contributed by atoms with E-state index in [1.165, 1.54) is 4.88 Å². The van der Waals surface area contributed by atoms with Crippen LogP contribution in [0, 0.1) is 5.92 Å². The predicted molar refractivity (Wildman–Crippen MR) is 66.2 cm³/mol. The minimum Gasteiger partial charge on any atom is -0.396 e. The molecular formula is C12H21NOS. The minimum atomic E-state index is 0.245. The van der Waals surface area contributed by atoms with Crippen LogP contribution in [-0.2, 0) is 0 Å². The highest BCUT2D eigenvalue weighted by molar-refractivity contribution is 7.10. The lowest BCUT2D eigenvalue weighted by Gasteiger charge is -2.25. The average molecular weight is 227 g/mol. The maximum absolute atomic E-state index is 9.08. The summed E-state index contributed by atoms with van der Waals surface area (Å²) in [4.78, 5) is 1.38. The fourth-order valence-electron chi connectivity index (χ4n) is 1.53. The summed E-state index contributed by atoms with van der Waals surface area (Å²) in [5, 5.41) is 14.8. The van der Waals surface area contributed by atoms with E-state index in [1.807, 2.05) is 0 Å². The van der Waals surface area contributed by atoms with Gasteiger partial charge in [-0.1, -0.05) is 19.9 Å². The van der Waals surface area contributed by atoms with Gasteiger partial charge in [0.1, 0.15) is 0 Å². The van der Waals surface area contributed by atoms with Crippen LogP contribution in [0.25, 0.3) is 0 Å². The van der Waals surface area contributed by atoms with Gasteiger partial charge < -0.3 is 10.4 Å². The van der Waals surface area contributed by atoms with Gasteiger partial charge in [0.15, 0.2) is 0 Å². The molecule has 2 nitrogen and oxygen atoms in total. The molecule has 3 atom stereocenters. The standard InChI is InChI=1S/C12H21NOS/c1-4-11(12-6-5-7-15-12)13-10(3)9(2)8-14/h5-7,9-11,13-14H,4,8H2,1-3H3. The average Bonchev–Trinajstić information content (AvgIpc) is 2.77. The first-order valence-corrected chi connectivity index (χ1v) is 6.47. The Hall–Kier alpha value is -0.380. The summed E-state index contributed by atoms with van der Waals surface area (Å²) in [5.41, 5.74) is 0. The highest BCUT2D eigenvalue weighted by Crippen LogP contribution is 2.23. The molecule has 0 saturated carbocycles. The van der Waals surface area contributed by atoms with Crippen molar-refractivity contribution in [3.8, 4) is 0 Å². The number of nitrogens with one attached hydrogen (secondary N) is 1. The number of hydrogen-bond acceptors (Lipinski definition) is 3. The van der Waals surface area contributed by atoms with Gasteiger partial charge in [0.2, 0.25) is 0 Å². The first-order valence-electron chi connectivity index (χ1n) is 5.59. The molecule has 1 rings (SSSR count). The van der Waals surface area contributed by atoms with Crippen molar-refractivity contribution in [3.63, 3.8) is 0 Å². The summed E-state index contributed by atoms with van der Waals surface area (Å²) in [6.07, 6.45) is 1.09. The molecule has 0 amide bonds. The van der Waals surface area contributed by atoms with Crippen molar-refractivity contribution >= 4 is 11.3 Å². The number of aliphatic hydroxyl groups excluding tert-OH is 1. The molecule has 0 saturated heterocycles. The molecule has 0 aliphatic carbocycles. The largest absolute Gasteiger partial charge is 0.396 e. The van der Waals surface area contributed by atoms with Crippen LogP contribution in [0.5, 0.6) is 0 Å². The highest BCUT2D eigenvalue weighted by Gasteiger charge is 2.16. The first-order chi connectivity index (χ1) is 7.19. The maximum atomic E-state index is 9.08. The van der Waals surface area contributed by atoms with Crippen LogP contribution in [0.3, 0.4) is 0 Å². The Balaban J connectivity index is 2.54. The Labute approximate surface area is 96.3 Å². The van der Waals surface area contributed by atoms with Gasteiger partial charge in [0, 0.05) is 23.6 Å². The minimum absolute atomic E-state index is 0.245. The molecule has 0 aliphatic heterocycles.